The van der Waals surface area contributed by atoms with Crippen molar-refractivity contribution in [1.29, 1.82) is 0 Å². The van der Waals surface area contributed by atoms with Crippen molar-refractivity contribution in [3.8, 4) is 11.5 Å². The Morgan fingerprint density at radius 3 is 2.54 bits per heavy atom. The lowest BCUT2D eigenvalue weighted by molar-refractivity contribution is -0.0464. The van der Waals surface area contributed by atoms with E-state index in [-0.39, 0.29) is 6.29 Å². The van der Waals surface area contributed by atoms with Crippen LogP contribution in [-0.2, 0) is 22.5 Å². The first kappa shape index (κ1) is 16.6. The van der Waals surface area contributed by atoms with Crippen LogP contribution >= 0.6 is 0 Å². The molecule has 0 spiro atoms. The Labute approximate surface area is 142 Å². The number of methoxy groups -OCH3 is 1. The van der Waals surface area contributed by atoms with Gasteiger partial charge in [0.25, 0.3) is 0 Å². The highest BCUT2D eigenvalue weighted by atomic mass is 16.7. The molecular weight excluding hydrogens is 304 g/mol. The Morgan fingerprint density at radius 1 is 1.12 bits per heavy atom. The number of ether oxygens (including phenoxy) is 4. The molecule has 4 heteroatoms. The van der Waals surface area contributed by atoms with E-state index in [2.05, 4.69) is 12.6 Å². The van der Waals surface area contributed by atoms with E-state index in [0.717, 1.165) is 34.6 Å². The van der Waals surface area contributed by atoms with E-state index in [4.69, 9.17) is 18.9 Å². The predicted molar refractivity (Wildman–Crippen MR) is 92.3 cm³/mol. The summed E-state index contributed by atoms with van der Waals surface area (Å²) < 4.78 is 22.6. The summed E-state index contributed by atoms with van der Waals surface area (Å²) in [5.74, 6) is 1.62. The van der Waals surface area contributed by atoms with Gasteiger partial charge in [0, 0.05) is 0 Å². The molecule has 24 heavy (non-hydrogen) atoms. The maximum atomic E-state index is 6.06. The lowest BCUT2D eigenvalue weighted by Gasteiger charge is -2.19. The van der Waals surface area contributed by atoms with Crippen LogP contribution in [0.3, 0.4) is 0 Å². The van der Waals surface area contributed by atoms with Crippen LogP contribution in [0.4, 0.5) is 0 Å². The largest absolute Gasteiger partial charge is 0.497 e. The summed E-state index contributed by atoms with van der Waals surface area (Å²) in [6.45, 7) is 5.51. The second-order valence-electron chi connectivity index (χ2n) is 5.53. The SMILES string of the molecule is C=CCc1cccc(OCc2ccc(OC)cc2)c1C1OCCO1. The van der Waals surface area contributed by atoms with Crippen LogP contribution in [-0.4, -0.2) is 20.3 Å². The average Bonchev–Trinajstić information content (AvgIpc) is 3.15. The summed E-state index contributed by atoms with van der Waals surface area (Å²) in [6.07, 6.45) is 2.26. The van der Waals surface area contributed by atoms with Crippen LogP contribution < -0.4 is 9.47 Å². The van der Waals surface area contributed by atoms with Crippen molar-refractivity contribution in [1.82, 2.24) is 0 Å². The molecule has 2 aromatic carbocycles. The van der Waals surface area contributed by atoms with Crippen LogP contribution in [0.5, 0.6) is 11.5 Å². The van der Waals surface area contributed by atoms with Gasteiger partial charge in [0.1, 0.15) is 18.1 Å². The molecule has 0 N–H and O–H groups in total. The normalized spacial score (nSPS) is 14.5. The molecule has 4 nitrogen and oxygen atoms in total. The van der Waals surface area contributed by atoms with Gasteiger partial charge in [-0.1, -0.05) is 30.3 Å². The van der Waals surface area contributed by atoms with Crippen molar-refractivity contribution in [3.63, 3.8) is 0 Å². The number of benzene rings is 2. The second-order valence-corrected chi connectivity index (χ2v) is 5.53. The third-order valence-corrected chi connectivity index (χ3v) is 3.93. The van der Waals surface area contributed by atoms with E-state index < -0.39 is 0 Å². The third kappa shape index (κ3) is 3.78. The molecule has 0 amide bonds. The van der Waals surface area contributed by atoms with E-state index >= 15 is 0 Å². The average molecular weight is 326 g/mol. The summed E-state index contributed by atoms with van der Waals surface area (Å²) in [6, 6.07) is 13.8. The van der Waals surface area contributed by atoms with Gasteiger partial charge in [-0.05, 0) is 35.7 Å². The molecule has 1 saturated heterocycles. The van der Waals surface area contributed by atoms with Gasteiger partial charge in [-0.25, -0.2) is 0 Å². The minimum atomic E-state index is -0.369. The van der Waals surface area contributed by atoms with E-state index in [1.807, 2.05) is 42.5 Å². The van der Waals surface area contributed by atoms with E-state index in [0.29, 0.717) is 19.8 Å². The molecule has 3 rings (SSSR count). The number of hydrogen-bond donors (Lipinski definition) is 0. The lowest BCUT2D eigenvalue weighted by Crippen LogP contribution is -2.07. The highest BCUT2D eigenvalue weighted by Gasteiger charge is 2.25. The smallest absolute Gasteiger partial charge is 0.187 e. The van der Waals surface area contributed by atoms with E-state index in [1.54, 1.807) is 7.11 Å². The van der Waals surface area contributed by atoms with Crippen molar-refractivity contribution in [2.75, 3.05) is 20.3 Å². The third-order valence-electron chi connectivity index (χ3n) is 3.93. The predicted octanol–water partition coefficient (Wildman–Crippen LogP) is 4.05. The highest BCUT2D eigenvalue weighted by molar-refractivity contribution is 5.42. The second kappa shape index (κ2) is 7.99. The van der Waals surface area contributed by atoms with Gasteiger partial charge in [-0.3, -0.25) is 0 Å². The van der Waals surface area contributed by atoms with Crippen LogP contribution in [0, 0.1) is 0 Å². The Bertz CT molecular complexity index is 673. The van der Waals surface area contributed by atoms with E-state index in [1.165, 1.54) is 0 Å². The van der Waals surface area contributed by atoms with Gasteiger partial charge >= 0.3 is 0 Å². The highest BCUT2D eigenvalue weighted by Crippen LogP contribution is 2.35. The summed E-state index contributed by atoms with van der Waals surface area (Å²) in [4.78, 5) is 0. The number of rotatable bonds is 7. The molecule has 0 aromatic heterocycles. The summed E-state index contributed by atoms with van der Waals surface area (Å²) in [5.41, 5.74) is 3.15. The Kier molecular flexibility index (Phi) is 5.51. The van der Waals surface area contributed by atoms with Gasteiger partial charge in [0.05, 0.1) is 25.9 Å². The zero-order valence-corrected chi connectivity index (χ0v) is 13.9. The first-order chi connectivity index (χ1) is 11.8. The zero-order chi connectivity index (χ0) is 16.8. The fourth-order valence-electron chi connectivity index (χ4n) is 2.72. The maximum absolute atomic E-state index is 6.06. The number of allylic oxidation sites excluding steroid dienone is 1. The fourth-order valence-corrected chi connectivity index (χ4v) is 2.72. The molecule has 0 bridgehead atoms. The van der Waals surface area contributed by atoms with Crippen molar-refractivity contribution in [2.45, 2.75) is 19.3 Å². The molecule has 0 saturated carbocycles. The van der Waals surface area contributed by atoms with Crippen molar-refractivity contribution in [3.05, 3.63) is 71.8 Å². The van der Waals surface area contributed by atoms with Crippen molar-refractivity contribution >= 4 is 0 Å². The van der Waals surface area contributed by atoms with Gasteiger partial charge in [-0.15, -0.1) is 6.58 Å². The van der Waals surface area contributed by atoms with Crippen molar-refractivity contribution < 1.29 is 18.9 Å². The summed E-state index contributed by atoms with van der Waals surface area (Å²) >= 11 is 0. The molecule has 1 aliphatic heterocycles. The minimum Gasteiger partial charge on any atom is -0.497 e. The maximum Gasteiger partial charge on any atom is 0.187 e. The Morgan fingerprint density at radius 2 is 1.88 bits per heavy atom. The van der Waals surface area contributed by atoms with Crippen LogP contribution in [0.2, 0.25) is 0 Å². The standard InChI is InChI=1S/C20H22O4/c1-3-5-16-6-4-7-18(19(16)20-22-12-13-23-20)24-14-15-8-10-17(21-2)11-9-15/h3-4,6-11,20H,1,5,12-14H2,2H3. The van der Waals surface area contributed by atoms with Crippen LogP contribution in [0.1, 0.15) is 23.0 Å². The quantitative estimate of drug-likeness (QED) is 0.719. The molecule has 1 fully saturated rings. The van der Waals surface area contributed by atoms with Crippen LogP contribution in [0.25, 0.3) is 0 Å². The molecule has 126 valence electrons. The van der Waals surface area contributed by atoms with E-state index in [9.17, 15) is 0 Å². The summed E-state index contributed by atoms with van der Waals surface area (Å²) in [7, 11) is 1.66. The first-order valence-corrected chi connectivity index (χ1v) is 8.03. The molecule has 0 unspecified atom stereocenters. The molecule has 0 atom stereocenters. The molecule has 1 heterocycles. The Balaban J connectivity index is 1.80. The molecule has 2 aromatic rings. The fraction of sp³-hybridized carbons (Fsp3) is 0.300. The monoisotopic (exact) mass is 326 g/mol. The van der Waals surface area contributed by atoms with Crippen LogP contribution in [0.15, 0.2) is 55.1 Å². The molecule has 0 radical (unpaired) electrons. The summed E-state index contributed by atoms with van der Waals surface area (Å²) in [5, 5.41) is 0. The number of hydrogen-bond acceptors (Lipinski definition) is 4. The lowest BCUT2D eigenvalue weighted by atomic mass is 10.0. The van der Waals surface area contributed by atoms with Gasteiger partial charge in [0.2, 0.25) is 0 Å². The Hall–Kier alpha value is -2.30. The van der Waals surface area contributed by atoms with Gasteiger partial charge in [-0.2, -0.15) is 0 Å². The minimum absolute atomic E-state index is 0.369. The van der Waals surface area contributed by atoms with Gasteiger partial charge in [0.15, 0.2) is 6.29 Å². The van der Waals surface area contributed by atoms with Crippen molar-refractivity contribution in [2.24, 2.45) is 0 Å². The first-order valence-electron chi connectivity index (χ1n) is 8.03. The zero-order valence-electron chi connectivity index (χ0n) is 13.9. The van der Waals surface area contributed by atoms with Gasteiger partial charge < -0.3 is 18.9 Å². The molecule has 0 aliphatic carbocycles. The molecular formula is C20H22O4. The molecule has 1 aliphatic rings. The topological polar surface area (TPSA) is 36.9 Å².